The second-order valence-electron chi connectivity index (χ2n) is 21.0. The van der Waals surface area contributed by atoms with E-state index in [2.05, 4.69) is 32.9 Å². The van der Waals surface area contributed by atoms with E-state index >= 15 is 0 Å². The molecule has 1 atom stereocenters. The van der Waals surface area contributed by atoms with Gasteiger partial charge in [-0.15, -0.1) is 0 Å². The van der Waals surface area contributed by atoms with Crippen LogP contribution in [0.2, 0.25) is 0 Å². The molecule has 0 saturated carbocycles. The molecule has 0 fully saturated rings. The lowest BCUT2D eigenvalue weighted by Crippen LogP contribution is -2.30. The van der Waals surface area contributed by atoms with Crippen molar-refractivity contribution in [3.8, 4) is 0 Å². The molecule has 402 valence electrons. The molecule has 0 amide bonds. The molecule has 0 aromatic carbocycles. The van der Waals surface area contributed by atoms with Gasteiger partial charge in [0, 0.05) is 19.3 Å². The maximum atomic E-state index is 12.8. The number of carbonyl (C=O) groups is 3. The Balaban J connectivity index is 4.04. The number of unbranched alkanes of at least 4 members (excludes halogenated alkanes) is 44. The summed E-state index contributed by atoms with van der Waals surface area (Å²) in [7, 11) is 0. The van der Waals surface area contributed by atoms with Gasteiger partial charge in [0.15, 0.2) is 6.10 Å². The van der Waals surface area contributed by atoms with Crippen molar-refractivity contribution in [2.45, 2.75) is 354 Å². The first-order chi connectivity index (χ1) is 33.5. The molecule has 0 saturated heterocycles. The summed E-state index contributed by atoms with van der Waals surface area (Å²) >= 11 is 0. The second kappa shape index (κ2) is 57.7. The second-order valence-corrected chi connectivity index (χ2v) is 21.0. The third-order valence-corrected chi connectivity index (χ3v) is 14.0. The molecule has 0 rings (SSSR count). The van der Waals surface area contributed by atoms with E-state index in [4.69, 9.17) is 14.2 Å². The zero-order valence-corrected chi connectivity index (χ0v) is 46.2. The van der Waals surface area contributed by atoms with E-state index in [9.17, 15) is 14.4 Å². The minimum absolute atomic E-state index is 0.0678. The predicted octanol–water partition coefficient (Wildman–Crippen LogP) is 20.5. The summed E-state index contributed by atoms with van der Waals surface area (Å²) in [6, 6.07) is 0. The molecular weight excluding hydrogens is 841 g/mol. The molecule has 0 radical (unpaired) electrons. The number of hydrogen-bond donors (Lipinski definition) is 0. The highest BCUT2D eigenvalue weighted by Gasteiger charge is 2.19. The Morgan fingerprint density at radius 3 is 0.765 bits per heavy atom. The van der Waals surface area contributed by atoms with Gasteiger partial charge >= 0.3 is 17.9 Å². The van der Waals surface area contributed by atoms with Gasteiger partial charge in [0.05, 0.1) is 0 Å². The van der Waals surface area contributed by atoms with Crippen molar-refractivity contribution in [1.82, 2.24) is 0 Å². The van der Waals surface area contributed by atoms with Crippen molar-refractivity contribution in [1.29, 1.82) is 0 Å². The maximum Gasteiger partial charge on any atom is 0.306 e. The van der Waals surface area contributed by atoms with Gasteiger partial charge in [-0.2, -0.15) is 0 Å². The minimum Gasteiger partial charge on any atom is -0.462 e. The fraction of sp³-hybridized carbons (Fsp3) is 0.919. The molecule has 6 heteroatoms. The third-order valence-electron chi connectivity index (χ3n) is 14.0. The van der Waals surface area contributed by atoms with Crippen LogP contribution in [0.1, 0.15) is 348 Å². The first kappa shape index (κ1) is 66.2. The molecule has 0 aromatic heterocycles. The van der Waals surface area contributed by atoms with Crippen LogP contribution < -0.4 is 0 Å². The van der Waals surface area contributed by atoms with Gasteiger partial charge in [0.2, 0.25) is 0 Å². The number of ether oxygens (including phenoxy) is 3. The van der Waals surface area contributed by atoms with Gasteiger partial charge in [0.25, 0.3) is 0 Å². The van der Waals surface area contributed by atoms with Crippen LogP contribution in [0.3, 0.4) is 0 Å². The normalized spacial score (nSPS) is 12.0. The van der Waals surface area contributed by atoms with Crippen LogP contribution >= 0.6 is 0 Å². The van der Waals surface area contributed by atoms with Crippen molar-refractivity contribution >= 4 is 17.9 Å². The SMILES string of the molecule is CCCCC/C=C\CCCCCCCC(=O)OC(COC(=O)CCCCCCCCCCCC)COC(=O)CCCCCCCCCCCCCCCCCCCCCCCCCCCCCC. The number of rotatable bonds is 57. The number of allylic oxidation sites excluding steroid dienone is 2. The Hall–Kier alpha value is -1.85. The molecule has 1 unspecified atom stereocenters. The Morgan fingerprint density at radius 2 is 0.485 bits per heavy atom. The van der Waals surface area contributed by atoms with Crippen LogP contribution in [-0.2, 0) is 28.6 Å². The van der Waals surface area contributed by atoms with Crippen LogP contribution in [0.5, 0.6) is 0 Å². The highest BCUT2D eigenvalue weighted by molar-refractivity contribution is 5.71. The van der Waals surface area contributed by atoms with E-state index in [1.807, 2.05) is 0 Å². The molecule has 0 heterocycles. The fourth-order valence-corrected chi connectivity index (χ4v) is 9.38. The van der Waals surface area contributed by atoms with Crippen molar-refractivity contribution in [3.63, 3.8) is 0 Å². The Morgan fingerprint density at radius 1 is 0.279 bits per heavy atom. The van der Waals surface area contributed by atoms with E-state index in [0.717, 1.165) is 64.2 Å². The molecule has 68 heavy (non-hydrogen) atoms. The van der Waals surface area contributed by atoms with Crippen LogP contribution in [0, 0.1) is 0 Å². The lowest BCUT2D eigenvalue weighted by atomic mass is 10.0. The van der Waals surface area contributed by atoms with Gasteiger partial charge in [-0.25, -0.2) is 0 Å². The molecular formula is C62H118O6. The molecule has 0 N–H and O–H groups in total. The Bertz CT molecular complexity index is 1060. The lowest BCUT2D eigenvalue weighted by Gasteiger charge is -2.18. The van der Waals surface area contributed by atoms with E-state index in [0.29, 0.717) is 19.3 Å². The topological polar surface area (TPSA) is 78.9 Å². The average Bonchev–Trinajstić information content (AvgIpc) is 3.34. The average molecular weight is 960 g/mol. The highest BCUT2D eigenvalue weighted by Crippen LogP contribution is 2.18. The fourth-order valence-electron chi connectivity index (χ4n) is 9.38. The molecule has 0 aromatic rings. The summed E-state index contributed by atoms with van der Waals surface area (Å²) in [5.41, 5.74) is 0. The van der Waals surface area contributed by atoms with Crippen molar-refractivity contribution < 1.29 is 28.6 Å². The van der Waals surface area contributed by atoms with E-state index in [1.165, 1.54) is 244 Å². The summed E-state index contributed by atoms with van der Waals surface area (Å²) in [6.07, 6.45) is 66.7. The summed E-state index contributed by atoms with van der Waals surface area (Å²) in [5, 5.41) is 0. The largest absolute Gasteiger partial charge is 0.462 e. The smallest absolute Gasteiger partial charge is 0.306 e. The molecule has 0 spiro atoms. The summed E-state index contributed by atoms with van der Waals surface area (Å²) in [6.45, 7) is 6.65. The van der Waals surface area contributed by atoms with Gasteiger partial charge in [-0.05, 0) is 44.9 Å². The summed E-state index contributed by atoms with van der Waals surface area (Å²) < 4.78 is 16.8. The number of hydrogen-bond acceptors (Lipinski definition) is 6. The Kier molecular flexibility index (Phi) is 56.2. The Labute approximate surface area is 424 Å². The lowest BCUT2D eigenvalue weighted by molar-refractivity contribution is -0.167. The van der Waals surface area contributed by atoms with E-state index in [-0.39, 0.29) is 31.1 Å². The van der Waals surface area contributed by atoms with Crippen LogP contribution in [0.4, 0.5) is 0 Å². The third kappa shape index (κ3) is 55.1. The number of esters is 3. The van der Waals surface area contributed by atoms with Crippen LogP contribution in [0.15, 0.2) is 12.2 Å². The van der Waals surface area contributed by atoms with Gasteiger partial charge in [0.1, 0.15) is 13.2 Å². The van der Waals surface area contributed by atoms with Gasteiger partial charge < -0.3 is 14.2 Å². The number of carbonyl (C=O) groups excluding carboxylic acids is 3. The molecule has 0 bridgehead atoms. The standard InChI is InChI=1S/C62H118O6/c1-4-7-10-13-16-19-22-24-25-26-27-28-29-30-31-32-33-34-35-36-37-38-39-41-43-46-49-52-55-61(64)67-58-59(57-66-60(63)54-51-48-45-42-21-18-15-12-9-6-3)68-62(65)56-53-50-47-44-40-23-20-17-14-11-8-5-2/h17,20,59H,4-16,18-19,21-58H2,1-3H3/b20-17-. The zero-order valence-electron chi connectivity index (χ0n) is 46.2. The maximum absolute atomic E-state index is 12.8. The molecule has 6 nitrogen and oxygen atoms in total. The minimum atomic E-state index is -0.768. The molecule has 0 aliphatic rings. The molecule has 0 aliphatic carbocycles. The highest BCUT2D eigenvalue weighted by atomic mass is 16.6. The summed E-state index contributed by atoms with van der Waals surface area (Å²) in [5.74, 6) is -0.857. The van der Waals surface area contributed by atoms with Crippen LogP contribution in [0.25, 0.3) is 0 Å². The molecule has 0 aliphatic heterocycles. The first-order valence-electron chi connectivity index (χ1n) is 30.7. The van der Waals surface area contributed by atoms with Gasteiger partial charge in [-0.3, -0.25) is 14.4 Å². The quantitative estimate of drug-likeness (QED) is 0.0262. The monoisotopic (exact) mass is 959 g/mol. The predicted molar refractivity (Wildman–Crippen MR) is 293 cm³/mol. The van der Waals surface area contributed by atoms with Crippen molar-refractivity contribution in [3.05, 3.63) is 12.2 Å². The van der Waals surface area contributed by atoms with Gasteiger partial charge in [-0.1, -0.05) is 296 Å². The zero-order chi connectivity index (χ0) is 49.3. The van der Waals surface area contributed by atoms with Crippen LogP contribution in [-0.4, -0.2) is 37.2 Å². The first-order valence-corrected chi connectivity index (χ1v) is 30.7. The van der Waals surface area contributed by atoms with Crippen molar-refractivity contribution in [2.75, 3.05) is 13.2 Å². The summed E-state index contributed by atoms with van der Waals surface area (Å²) in [4.78, 5) is 38.0. The van der Waals surface area contributed by atoms with E-state index < -0.39 is 6.10 Å². The van der Waals surface area contributed by atoms with Crippen molar-refractivity contribution in [2.24, 2.45) is 0 Å². The van der Waals surface area contributed by atoms with E-state index in [1.54, 1.807) is 0 Å².